The third-order valence-electron chi connectivity index (χ3n) is 1.33. The first-order valence-corrected chi connectivity index (χ1v) is 4.29. The molecule has 0 aliphatic heterocycles. The number of rotatable bonds is 4. The van der Waals surface area contributed by atoms with Crippen LogP contribution in [-0.2, 0) is 0 Å². The number of aromatic nitrogens is 1. The molecule has 0 atom stereocenters. The highest BCUT2D eigenvalue weighted by Gasteiger charge is 1.93. The van der Waals surface area contributed by atoms with Crippen molar-refractivity contribution in [3.8, 4) is 0 Å². The van der Waals surface area contributed by atoms with Gasteiger partial charge >= 0.3 is 0 Å². The zero-order chi connectivity index (χ0) is 8.81. The summed E-state index contributed by atoms with van der Waals surface area (Å²) in [6.45, 7) is 0.722. The van der Waals surface area contributed by atoms with Gasteiger partial charge in [-0.2, -0.15) is 4.39 Å². The predicted octanol–water partition coefficient (Wildman–Crippen LogP) is 2.26. The number of nitrogens with zero attached hydrogens (tertiary/aromatic N) is 1. The highest BCUT2D eigenvalue weighted by molar-refractivity contribution is 6.17. The molecule has 0 spiro atoms. The van der Waals surface area contributed by atoms with Crippen LogP contribution in [0, 0.1) is 5.95 Å². The van der Waals surface area contributed by atoms with E-state index >= 15 is 0 Å². The fraction of sp³-hybridized carbons (Fsp3) is 0.375. The number of nitrogens with one attached hydrogen (secondary N) is 1. The standard InChI is InChI=1S/C8H10ClFN2/c9-5-2-6-11-8-4-1-3-7(10)12-8/h1,3-4H,2,5-6H2,(H,11,12). The summed E-state index contributed by atoms with van der Waals surface area (Å²) in [5.41, 5.74) is 0. The van der Waals surface area contributed by atoms with Gasteiger partial charge in [0.05, 0.1) is 0 Å². The third kappa shape index (κ3) is 3.05. The molecular formula is C8H10ClFN2. The summed E-state index contributed by atoms with van der Waals surface area (Å²) < 4.78 is 12.5. The lowest BCUT2D eigenvalue weighted by Crippen LogP contribution is -2.03. The molecule has 0 fully saturated rings. The summed E-state index contributed by atoms with van der Waals surface area (Å²) in [6.07, 6.45) is 0.847. The number of pyridine rings is 1. The van der Waals surface area contributed by atoms with Gasteiger partial charge in [0.1, 0.15) is 5.82 Å². The molecule has 0 saturated heterocycles. The minimum atomic E-state index is -0.467. The molecule has 0 aromatic carbocycles. The Morgan fingerprint density at radius 3 is 3.00 bits per heavy atom. The van der Waals surface area contributed by atoms with Gasteiger partial charge in [0.2, 0.25) is 5.95 Å². The lowest BCUT2D eigenvalue weighted by molar-refractivity contribution is 0.585. The van der Waals surface area contributed by atoms with Gasteiger partial charge in [-0.1, -0.05) is 6.07 Å². The minimum Gasteiger partial charge on any atom is -0.370 e. The number of hydrogen-bond donors (Lipinski definition) is 1. The normalized spacial score (nSPS) is 9.83. The maximum atomic E-state index is 12.5. The van der Waals surface area contributed by atoms with E-state index in [1.807, 2.05) is 0 Å². The SMILES string of the molecule is Fc1cccc(NCCCCl)n1. The largest absolute Gasteiger partial charge is 0.370 e. The van der Waals surface area contributed by atoms with E-state index in [1.165, 1.54) is 6.07 Å². The Bertz CT molecular complexity index is 242. The number of hydrogen-bond acceptors (Lipinski definition) is 2. The van der Waals surface area contributed by atoms with Crippen molar-refractivity contribution in [2.75, 3.05) is 17.7 Å². The van der Waals surface area contributed by atoms with Crippen LogP contribution < -0.4 is 5.32 Å². The summed E-state index contributed by atoms with van der Waals surface area (Å²) in [5, 5.41) is 2.95. The third-order valence-corrected chi connectivity index (χ3v) is 1.60. The first kappa shape index (κ1) is 9.26. The summed E-state index contributed by atoms with van der Waals surface area (Å²) in [4.78, 5) is 3.62. The van der Waals surface area contributed by atoms with E-state index in [9.17, 15) is 4.39 Å². The molecule has 1 rings (SSSR count). The van der Waals surface area contributed by atoms with Gasteiger partial charge in [-0.15, -0.1) is 11.6 Å². The molecular weight excluding hydrogens is 179 g/mol. The van der Waals surface area contributed by atoms with Crippen LogP contribution in [0.3, 0.4) is 0 Å². The summed E-state index contributed by atoms with van der Waals surface area (Å²) in [5.74, 6) is 0.688. The second-order valence-electron chi connectivity index (χ2n) is 2.31. The van der Waals surface area contributed by atoms with E-state index in [4.69, 9.17) is 11.6 Å². The van der Waals surface area contributed by atoms with Crippen LogP contribution in [0.1, 0.15) is 6.42 Å². The number of alkyl halides is 1. The van der Waals surface area contributed by atoms with Gasteiger partial charge in [-0.05, 0) is 18.6 Å². The molecule has 2 nitrogen and oxygen atoms in total. The Morgan fingerprint density at radius 1 is 1.50 bits per heavy atom. The molecule has 1 heterocycles. The molecule has 4 heteroatoms. The quantitative estimate of drug-likeness (QED) is 0.446. The molecule has 0 amide bonds. The van der Waals surface area contributed by atoms with Crippen LogP contribution in [0.4, 0.5) is 10.2 Å². The van der Waals surface area contributed by atoms with Crippen molar-refractivity contribution >= 4 is 17.4 Å². The molecule has 0 aliphatic rings. The van der Waals surface area contributed by atoms with E-state index in [0.717, 1.165) is 13.0 Å². The van der Waals surface area contributed by atoms with Gasteiger partial charge in [-0.25, -0.2) is 4.98 Å². The number of halogens is 2. The summed E-state index contributed by atoms with van der Waals surface area (Å²) in [7, 11) is 0. The monoisotopic (exact) mass is 188 g/mol. The van der Waals surface area contributed by atoms with Crippen molar-refractivity contribution in [2.45, 2.75) is 6.42 Å². The topological polar surface area (TPSA) is 24.9 Å². The molecule has 0 radical (unpaired) electrons. The highest BCUT2D eigenvalue weighted by atomic mass is 35.5. The molecule has 66 valence electrons. The fourth-order valence-electron chi connectivity index (χ4n) is 0.790. The van der Waals surface area contributed by atoms with Crippen LogP contribution in [-0.4, -0.2) is 17.4 Å². The minimum absolute atomic E-state index is 0.467. The molecule has 12 heavy (non-hydrogen) atoms. The molecule has 0 unspecified atom stereocenters. The first-order chi connectivity index (χ1) is 5.83. The average Bonchev–Trinajstić information content (AvgIpc) is 2.05. The van der Waals surface area contributed by atoms with Crippen molar-refractivity contribution in [1.82, 2.24) is 4.98 Å². The van der Waals surface area contributed by atoms with Crippen molar-refractivity contribution in [2.24, 2.45) is 0 Å². The van der Waals surface area contributed by atoms with E-state index in [0.29, 0.717) is 11.7 Å². The second-order valence-corrected chi connectivity index (χ2v) is 2.69. The van der Waals surface area contributed by atoms with Crippen molar-refractivity contribution < 1.29 is 4.39 Å². The van der Waals surface area contributed by atoms with Gasteiger partial charge in [0, 0.05) is 12.4 Å². The van der Waals surface area contributed by atoms with E-state index in [2.05, 4.69) is 10.3 Å². The number of anilines is 1. The predicted molar refractivity (Wildman–Crippen MR) is 48.0 cm³/mol. The van der Waals surface area contributed by atoms with Crippen LogP contribution in [0.15, 0.2) is 18.2 Å². The summed E-state index contributed by atoms with van der Waals surface area (Å²) in [6, 6.07) is 4.65. The van der Waals surface area contributed by atoms with E-state index in [1.54, 1.807) is 12.1 Å². The van der Waals surface area contributed by atoms with Gasteiger partial charge < -0.3 is 5.32 Å². The van der Waals surface area contributed by atoms with E-state index in [-0.39, 0.29) is 0 Å². The second kappa shape index (κ2) is 4.93. The average molecular weight is 189 g/mol. The van der Waals surface area contributed by atoms with Crippen molar-refractivity contribution in [3.63, 3.8) is 0 Å². The zero-order valence-electron chi connectivity index (χ0n) is 6.56. The van der Waals surface area contributed by atoms with Crippen LogP contribution in [0.25, 0.3) is 0 Å². The first-order valence-electron chi connectivity index (χ1n) is 3.75. The van der Waals surface area contributed by atoms with Gasteiger partial charge in [0.15, 0.2) is 0 Å². The highest BCUT2D eigenvalue weighted by Crippen LogP contribution is 2.02. The lowest BCUT2D eigenvalue weighted by Gasteiger charge is -2.02. The lowest BCUT2D eigenvalue weighted by atomic mass is 10.4. The Kier molecular flexibility index (Phi) is 3.80. The smallest absolute Gasteiger partial charge is 0.214 e. The Morgan fingerprint density at radius 2 is 2.33 bits per heavy atom. The summed E-state index contributed by atoms with van der Waals surface area (Å²) >= 11 is 5.46. The zero-order valence-corrected chi connectivity index (χ0v) is 7.31. The molecule has 0 saturated carbocycles. The molecule has 1 N–H and O–H groups in total. The van der Waals surface area contributed by atoms with Crippen LogP contribution in [0.2, 0.25) is 0 Å². The van der Waals surface area contributed by atoms with Crippen molar-refractivity contribution in [1.29, 1.82) is 0 Å². The fourth-order valence-corrected chi connectivity index (χ4v) is 0.924. The van der Waals surface area contributed by atoms with Gasteiger partial charge in [0.25, 0.3) is 0 Å². The van der Waals surface area contributed by atoms with E-state index < -0.39 is 5.95 Å². The molecule has 0 bridgehead atoms. The van der Waals surface area contributed by atoms with Gasteiger partial charge in [-0.3, -0.25) is 0 Å². The molecule has 0 aliphatic carbocycles. The van der Waals surface area contributed by atoms with Crippen molar-refractivity contribution in [3.05, 3.63) is 24.1 Å². The molecule has 1 aromatic rings. The Balaban J connectivity index is 2.41. The Labute approximate surface area is 75.8 Å². The maximum Gasteiger partial charge on any atom is 0.214 e. The van der Waals surface area contributed by atoms with Crippen LogP contribution in [0.5, 0.6) is 0 Å². The van der Waals surface area contributed by atoms with Crippen LogP contribution >= 0.6 is 11.6 Å². The Hall–Kier alpha value is -0.830. The molecule has 1 aromatic heterocycles. The maximum absolute atomic E-state index is 12.5.